The summed E-state index contributed by atoms with van der Waals surface area (Å²) in [6.45, 7) is 8.41. The Morgan fingerprint density at radius 2 is 1.62 bits per heavy atom. The molecular weight excluding hydrogens is 258 g/mol. The number of hydrogen-bond donors (Lipinski definition) is 1. The lowest BCUT2D eigenvalue weighted by Crippen LogP contribution is -2.32. The average molecular weight is 289 g/mol. The minimum absolute atomic E-state index is 0.208. The summed E-state index contributed by atoms with van der Waals surface area (Å²) in [5.41, 5.74) is 1.56. The molecule has 1 N–H and O–H groups in total. The van der Waals surface area contributed by atoms with Crippen molar-refractivity contribution < 1.29 is 4.74 Å². The predicted molar refractivity (Wildman–Crippen MR) is 90.1 cm³/mol. The van der Waals surface area contributed by atoms with Gasteiger partial charge in [0.25, 0.3) is 0 Å². The molecule has 0 radical (unpaired) electrons. The fraction of sp³-hybridized carbons (Fsp3) is 0.684. The molecule has 1 aromatic carbocycles. The summed E-state index contributed by atoms with van der Waals surface area (Å²) in [6, 6.07) is 9.24. The van der Waals surface area contributed by atoms with E-state index < -0.39 is 0 Å². The van der Waals surface area contributed by atoms with E-state index in [2.05, 4.69) is 50.4 Å². The van der Waals surface area contributed by atoms with Crippen LogP contribution in [0.15, 0.2) is 24.3 Å². The zero-order valence-electron chi connectivity index (χ0n) is 14.0. The van der Waals surface area contributed by atoms with Crippen molar-refractivity contribution in [3.8, 4) is 5.75 Å². The molecule has 21 heavy (non-hydrogen) atoms. The zero-order valence-corrected chi connectivity index (χ0v) is 14.0. The molecule has 2 nitrogen and oxygen atoms in total. The van der Waals surface area contributed by atoms with Gasteiger partial charge >= 0.3 is 0 Å². The summed E-state index contributed by atoms with van der Waals surface area (Å²) in [4.78, 5) is 0. The third-order valence-corrected chi connectivity index (χ3v) is 4.38. The minimum Gasteiger partial charge on any atom is -0.492 e. The van der Waals surface area contributed by atoms with E-state index in [-0.39, 0.29) is 5.41 Å². The van der Waals surface area contributed by atoms with Crippen LogP contribution in [-0.2, 0) is 5.41 Å². The minimum atomic E-state index is 0.208. The molecule has 0 aliphatic heterocycles. The van der Waals surface area contributed by atoms with Gasteiger partial charge in [0.1, 0.15) is 12.4 Å². The second kappa shape index (κ2) is 7.84. The number of nitrogens with one attached hydrogen (secondary N) is 1. The van der Waals surface area contributed by atoms with Gasteiger partial charge in [-0.15, -0.1) is 0 Å². The van der Waals surface area contributed by atoms with Crippen LogP contribution in [0.1, 0.15) is 64.9 Å². The van der Waals surface area contributed by atoms with Crippen LogP contribution in [0.25, 0.3) is 0 Å². The Morgan fingerprint density at radius 3 is 2.19 bits per heavy atom. The Morgan fingerprint density at radius 1 is 1.00 bits per heavy atom. The van der Waals surface area contributed by atoms with Crippen LogP contribution in [0.5, 0.6) is 5.75 Å². The van der Waals surface area contributed by atoms with Crippen molar-refractivity contribution in [3.05, 3.63) is 29.8 Å². The van der Waals surface area contributed by atoms with Crippen LogP contribution in [0.2, 0.25) is 0 Å². The standard InChI is InChI=1S/C19H31NO/c1-19(2,3)16-10-12-18(13-11-16)21-15-14-20-17-8-6-4-5-7-9-17/h10-13,17,20H,4-9,14-15H2,1-3H3. The van der Waals surface area contributed by atoms with Crippen molar-refractivity contribution in [2.24, 2.45) is 0 Å². The SMILES string of the molecule is CC(C)(C)c1ccc(OCCNC2CCCCCC2)cc1. The maximum absolute atomic E-state index is 5.83. The van der Waals surface area contributed by atoms with Gasteiger partial charge in [-0.2, -0.15) is 0 Å². The van der Waals surface area contributed by atoms with Crippen LogP contribution >= 0.6 is 0 Å². The normalized spacial score (nSPS) is 17.5. The van der Waals surface area contributed by atoms with Gasteiger partial charge in [0.2, 0.25) is 0 Å². The topological polar surface area (TPSA) is 21.3 Å². The first kappa shape index (κ1) is 16.4. The number of rotatable bonds is 5. The highest BCUT2D eigenvalue weighted by Gasteiger charge is 2.13. The summed E-state index contributed by atoms with van der Waals surface area (Å²) in [5, 5.41) is 3.64. The van der Waals surface area contributed by atoms with E-state index in [4.69, 9.17) is 4.74 Å². The smallest absolute Gasteiger partial charge is 0.119 e. The molecule has 1 fully saturated rings. The van der Waals surface area contributed by atoms with E-state index >= 15 is 0 Å². The lowest BCUT2D eigenvalue weighted by molar-refractivity contribution is 0.300. The largest absolute Gasteiger partial charge is 0.492 e. The molecule has 1 aliphatic carbocycles. The number of benzene rings is 1. The Hall–Kier alpha value is -1.02. The highest BCUT2D eigenvalue weighted by atomic mass is 16.5. The van der Waals surface area contributed by atoms with Gasteiger partial charge in [-0.1, -0.05) is 58.6 Å². The Bertz CT molecular complexity index is 397. The maximum Gasteiger partial charge on any atom is 0.119 e. The number of hydrogen-bond acceptors (Lipinski definition) is 2. The van der Waals surface area contributed by atoms with Gasteiger partial charge < -0.3 is 10.1 Å². The van der Waals surface area contributed by atoms with Gasteiger partial charge in [0, 0.05) is 12.6 Å². The quantitative estimate of drug-likeness (QED) is 0.628. The van der Waals surface area contributed by atoms with E-state index in [1.807, 2.05) is 0 Å². The molecule has 0 atom stereocenters. The Labute approximate surface area is 130 Å². The highest BCUT2D eigenvalue weighted by molar-refractivity contribution is 5.31. The monoisotopic (exact) mass is 289 g/mol. The van der Waals surface area contributed by atoms with Crippen molar-refractivity contribution in [1.29, 1.82) is 0 Å². The Balaban J connectivity index is 1.68. The fourth-order valence-corrected chi connectivity index (χ4v) is 2.97. The number of ether oxygens (including phenoxy) is 1. The lowest BCUT2D eigenvalue weighted by atomic mass is 9.87. The molecule has 0 aromatic heterocycles. The Kier molecular flexibility index (Phi) is 6.10. The lowest BCUT2D eigenvalue weighted by Gasteiger charge is -2.19. The molecular formula is C19H31NO. The highest BCUT2D eigenvalue weighted by Crippen LogP contribution is 2.24. The summed E-state index contributed by atoms with van der Waals surface area (Å²) < 4.78 is 5.83. The molecule has 0 heterocycles. The van der Waals surface area contributed by atoms with Crippen LogP contribution < -0.4 is 10.1 Å². The van der Waals surface area contributed by atoms with Gasteiger partial charge in [-0.3, -0.25) is 0 Å². The van der Waals surface area contributed by atoms with Crippen LogP contribution in [0.4, 0.5) is 0 Å². The first-order valence-electron chi connectivity index (χ1n) is 8.52. The predicted octanol–water partition coefficient (Wildman–Crippen LogP) is 4.68. The second-order valence-corrected chi connectivity index (χ2v) is 7.27. The first-order valence-corrected chi connectivity index (χ1v) is 8.52. The van der Waals surface area contributed by atoms with Gasteiger partial charge in [-0.05, 0) is 36.0 Å². The third-order valence-electron chi connectivity index (χ3n) is 4.38. The van der Waals surface area contributed by atoms with E-state index in [9.17, 15) is 0 Å². The van der Waals surface area contributed by atoms with Crippen LogP contribution in [-0.4, -0.2) is 19.2 Å². The second-order valence-electron chi connectivity index (χ2n) is 7.27. The summed E-state index contributed by atoms with van der Waals surface area (Å²) in [5.74, 6) is 0.977. The summed E-state index contributed by atoms with van der Waals surface area (Å²) >= 11 is 0. The summed E-state index contributed by atoms with van der Waals surface area (Å²) in [7, 11) is 0. The van der Waals surface area contributed by atoms with Crippen molar-refractivity contribution >= 4 is 0 Å². The maximum atomic E-state index is 5.83. The molecule has 0 saturated heterocycles. The zero-order chi connectivity index (χ0) is 15.1. The van der Waals surface area contributed by atoms with Gasteiger partial charge in [0.15, 0.2) is 0 Å². The molecule has 118 valence electrons. The van der Waals surface area contributed by atoms with Gasteiger partial charge in [-0.25, -0.2) is 0 Å². The van der Waals surface area contributed by atoms with E-state index in [0.717, 1.165) is 18.9 Å². The molecule has 0 amide bonds. The molecule has 0 spiro atoms. The van der Waals surface area contributed by atoms with Crippen LogP contribution in [0.3, 0.4) is 0 Å². The van der Waals surface area contributed by atoms with E-state index in [1.165, 1.54) is 44.1 Å². The summed E-state index contributed by atoms with van der Waals surface area (Å²) in [6.07, 6.45) is 8.25. The van der Waals surface area contributed by atoms with Crippen molar-refractivity contribution in [2.45, 2.75) is 70.8 Å². The molecule has 1 saturated carbocycles. The average Bonchev–Trinajstić information content (AvgIpc) is 2.72. The fourth-order valence-electron chi connectivity index (χ4n) is 2.97. The molecule has 2 heteroatoms. The molecule has 1 aliphatic rings. The molecule has 0 bridgehead atoms. The van der Waals surface area contributed by atoms with Crippen molar-refractivity contribution in [3.63, 3.8) is 0 Å². The van der Waals surface area contributed by atoms with Crippen molar-refractivity contribution in [2.75, 3.05) is 13.2 Å². The first-order chi connectivity index (χ1) is 10.1. The third kappa shape index (κ3) is 5.70. The van der Waals surface area contributed by atoms with Gasteiger partial charge in [0.05, 0.1) is 0 Å². The van der Waals surface area contributed by atoms with Crippen LogP contribution in [0, 0.1) is 0 Å². The molecule has 0 unspecified atom stereocenters. The van der Waals surface area contributed by atoms with E-state index in [0.29, 0.717) is 6.04 Å². The van der Waals surface area contributed by atoms with Crippen molar-refractivity contribution in [1.82, 2.24) is 5.32 Å². The molecule has 2 rings (SSSR count). The van der Waals surface area contributed by atoms with E-state index in [1.54, 1.807) is 0 Å². The molecule has 1 aromatic rings.